The van der Waals surface area contributed by atoms with Gasteiger partial charge in [-0.25, -0.2) is 4.79 Å². The number of anilines is 1. The highest BCUT2D eigenvalue weighted by Gasteiger charge is 2.64. The number of carboxylic acids is 1. The van der Waals surface area contributed by atoms with Gasteiger partial charge in [0.25, 0.3) is 5.91 Å². The number of ether oxygens (including phenoxy) is 1. The van der Waals surface area contributed by atoms with E-state index in [1.54, 1.807) is 49.9 Å². The number of amides is 2. The van der Waals surface area contributed by atoms with E-state index in [1.807, 2.05) is 0 Å². The summed E-state index contributed by atoms with van der Waals surface area (Å²) in [7, 11) is 0. The topological polar surface area (TPSA) is 99.2 Å². The zero-order valence-electron chi connectivity index (χ0n) is 16.0. The van der Waals surface area contributed by atoms with Gasteiger partial charge >= 0.3 is 5.97 Å². The second-order valence-corrected chi connectivity index (χ2v) is 9.79. The van der Waals surface area contributed by atoms with Crippen LogP contribution in [0.25, 0.3) is 0 Å². The number of benzene rings is 1. The maximum Gasteiger partial charge on any atom is 0.327 e. The Morgan fingerprint density at radius 1 is 1.34 bits per heavy atom. The van der Waals surface area contributed by atoms with Crippen LogP contribution >= 0.6 is 23.4 Å². The number of nitrogens with zero attached hydrogens (tertiary/aromatic N) is 2. The molecule has 154 valence electrons. The summed E-state index contributed by atoms with van der Waals surface area (Å²) in [5, 5.41) is 12.3. The van der Waals surface area contributed by atoms with Gasteiger partial charge in [0.05, 0.1) is 10.7 Å². The van der Waals surface area contributed by atoms with Gasteiger partial charge in [-0.15, -0.1) is 11.8 Å². The molecule has 3 atom stereocenters. The van der Waals surface area contributed by atoms with Crippen LogP contribution in [0.15, 0.2) is 35.7 Å². The summed E-state index contributed by atoms with van der Waals surface area (Å²) >= 11 is 7.65. The number of carbonyl (C=O) groups is 3. The molecule has 3 heterocycles. The number of fused-ring (bicyclic) bond motifs is 1. The van der Waals surface area contributed by atoms with Gasteiger partial charge in [-0.1, -0.05) is 23.7 Å². The normalized spacial score (nSPS) is 27.4. The van der Waals surface area contributed by atoms with E-state index in [0.29, 0.717) is 16.5 Å². The van der Waals surface area contributed by atoms with E-state index < -0.39 is 40.0 Å². The Hall–Kier alpha value is -2.39. The molecule has 2 amide bonds. The fourth-order valence-corrected chi connectivity index (χ4v) is 5.85. The highest BCUT2D eigenvalue weighted by atomic mass is 35.5. The number of thioether (sulfide) groups is 1. The lowest BCUT2D eigenvalue weighted by atomic mass is 9.96. The summed E-state index contributed by atoms with van der Waals surface area (Å²) in [4.78, 5) is 40.3. The van der Waals surface area contributed by atoms with Crippen molar-refractivity contribution in [2.75, 3.05) is 11.6 Å². The molecule has 0 aliphatic carbocycles. The summed E-state index contributed by atoms with van der Waals surface area (Å²) in [6.45, 7) is 5.39. The van der Waals surface area contributed by atoms with E-state index in [1.165, 1.54) is 16.7 Å². The van der Waals surface area contributed by atoms with Gasteiger partial charge < -0.3 is 20.1 Å². The lowest BCUT2D eigenvalue weighted by molar-refractivity contribution is -0.160. The number of para-hydroxylation sites is 1. The Kier molecular flexibility index (Phi) is 4.70. The molecule has 8 nitrogen and oxygen atoms in total. The van der Waals surface area contributed by atoms with E-state index in [4.69, 9.17) is 16.3 Å². The van der Waals surface area contributed by atoms with Gasteiger partial charge in [0, 0.05) is 4.75 Å². The van der Waals surface area contributed by atoms with E-state index in [0.717, 1.165) is 0 Å². The smallest absolute Gasteiger partial charge is 0.327 e. The largest absolute Gasteiger partial charge is 0.480 e. The number of carbonyl (C=O) groups excluding carboxylic acids is 2. The first kappa shape index (κ1) is 19.9. The fraction of sp³-hybridized carbons (Fsp3) is 0.421. The molecular weight excluding hydrogens is 418 g/mol. The third-order valence-electron chi connectivity index (χ3n) is 5.33. The first-order chi connectivity index (χ1) is 13.6. The van der Waals surface area contributed by atoms with Crippen molar-refractivity contribution in [3.05, 3.63) is 40.7 Å². The van der Waals surface area contributed by atoms with Gasteiger partial charge in [0.2, 0.25) is 5.91 Å². The van der Waals surface area contributed by atoms with E-state index in [2.05, 4.69) is 5.32 Å². The predicted molar refractivity (Wildman–Crippen MR) is 108 cm³/mol. The molecule has 0 bridgehead atoms. The molecule has 2 saturated heterocycles. The third-order valence-corrected chi connectivity index (χ3v) is 7.22. The molecule has 4 rings (SSSR count). The predicted octanol–water partition coefficient (Wildman–Crippen LogP) is 2.00. The molecular formula is C19H20ClN3O5S. The molecule has 1 aromatic carbocycles. The van der Waals surface area contributed by atoms with E-state index in [-0.39, 0.29) is 12.4 Å². The number of hydrogen-bond acceptors (Lipinski definition) is 6. The van der Waals surface area contributed by atoms with Crippen molar-refractivity contribution < 1.29 is 24.2 Å². The zero-order valence-corrected chi connectivity index (χ0v) is 17.6. The quantitative estimate of drug-likeness (QED) is 0.695. The van der Waals surface area contributed by atoms with Crippen LogP contribution in [0, 0.1) is 0 Å². The van der Waals surface area contributed by atoms with Crippen molar-refractivity contribution in [2.24, 2.45) is 0 Å². The van der Waals surface area contributed by atoms with Crippen LogP contribution in [0.3, 0.4) is 0 Å². The maximum absolute atomic E-state index is 13.0. The molecule has 1 aromatic rings. The number of allylic oxidation sites excluding steroid dienone is 1. The molecule has 2 N–H and O–H groups in total. The molecule has 0 unspecified atom stereocenters. The number of aliphatic carboxylic acids is 1. The van der Waals surface area contributed by atoms with Crippen LogP contribution in [0.1, 0.15) is 20.8 Å². The van der Waals surface area contributed by atoms with Crippen LogP contribution in [-0.2, 0) is 19.1 Å². The average Bonchev–Trinajstić information content (AvgIpc) is 3.15. The molecule has 0 saturated carbocycles. The Bertz CT molecular complexity index is 950. The number of β-lactam (4-membered cyclic amide) rings is 1. The van der Waals surface area contributed by atoms with Crippen LogP contribution in [0.5, 0.6) is 0 Å². The van der Waals surface area contributed by atoms with Crippen molar-refractivity contribution >= 4 is 46.8 Å². The molecule has 2 fully saturated rings. The minimum Gasteiger partial charge on any atom is -0.480 e. The van der Waals surface area contributed by atoms with Crippen molar-refractivity contribution in [2.45, 2.75) is 43.0 Å². The Morgan fingerprint density at radius 3 is 2.69 bits per heavy atom. The third kappa shape index (κ3) is 3.03. The van der Waals surface area contributed by atoms with Gasteiger partial charge in [0.15, 0.2) is 6.73 Å². The minimum atomic E-state index is -1.05. The number of rotatable bonds is 4. The summed E-state index contributed by atoms with van der Waals surface area (Å²) < 4.78 is 4.89. The summed E-state index contributed by atoms with van der Waals surface area (Å²) in [5.41, 5.74) is 0.904. The van der Waals surface area contributed by atoms with Crippen LogP contribution in [-0.4, -0.2) is 56.7 Å². The van der Waals surface area contributed by atoms with Gasteiger partial charge in [-0.2, -0.15) is 0 Å². The Morgan fingerprint density at radius 2 is 2.03 bits per heavy atom. The van der Waals surface area contributed by atoms with E-state index in [9.17, 15) is 19.5 Å². The highest BCUT2D eigenvalue weighted by molar-refractivity contribution is 8.01. The number of halogens is 1. The first-order valence-corrected chi connectivity index (χ1v) is 10.3. The first-order valence-electron chi connectivity index (χ1n) is 9.03. The zero-order chi connectivity index (χ0) is 21.1. The summed E-state index contributed by atoms with van der Waals surface area (Å²) in [6.07, 6.45) is 0. The minimum absolute atomic E-state index is 0.134. The fourth-order valence-electron chi connectivity index (χ4n) is 3.98. The molecule has 29 heavy (non-hydrogen) atoms. The molecule has 0 spiro atoms. The van der Waals surface area contributed by atoms with Crippen molar-refractivity contribution in [1.29, 1.82) is 0 Å². The standard InChI is InChI=1S/C19H20ClN3O5S/c1-9-13(22(8-28-9)11-7-5-4-6-10(11)20)15(24)21-12-16(25)23-14(18(26)27)19(2,3)29-17(12)23/h4-7,12,14,17H,8H2,1-3H3,(H,21,24)(H,26,27)/t12-,14+,17+/m1/s1. The van der Waals surface area contributed by atoms with Crippen molar-refractivity contribution in [3.63, 3.8) is 0 Å². The Balaban J connectivity index is 1.54. The molecule has 0 aromatic heterocycles. The van der Waals surface area contributed by atoms with Crippen LogP contribution in [0.2, 0.25) is 5.02 Å². The SMILES string of the molecule is CC1=C(C(=O)N[C@@H]2C(=O)N3[C@@H](C(=O)O)C(C)(C)S[C@@H]23)N(c2ccccc2Cl)CO1. The number of carboxylic acid groups (broad SMARTS) is 1. The van der Waals surface area contributed by atoms with Crippen molar-refractivity contribution in [3.8, 4) is 0 Å². The average molecular weight is 438 g/mol. The van der Waals surface area contributed by atoms with Gasteiger partial charge in [0.1, 0.15) is 28.9 Å². The second-order valence-electron chi connectivity index (χ2n) is 7.61. The van der Waals surface area contributed by atoms with Gasteiger partial charge in [-0.05, 0) is 32.9 Å². The highest BCUT2D eigenvalue weighted by Crippen LogP contribution is 2.50. The molecule has 10 heteroatoms. The monoisotopic (exact) mass is 437 g/mol. The van der Waals surface area contributed by atoms with Crippen molar-refractivity contribution in [1.82, 2.24) is 10.2 Å². The second kappa shape index (κ2) is 6.84. The molecule has 0 radical (unpaired) electrons. The Labute approximate surface area is 176 Å². The number of hydrogen-bond donors (Lipinski definition) is 2. The number of nitrogens with one attached hydrogen (secondary N) is 1. The lowest BCUT2D eigenvalue weighted by Crippen LogP contribution is -2.70. The molecule has 3 aliphatic heterocycles. The lowest BCUT2D eigenvalue weighted by Gasteiger charge is -2.43. The van der Waals surface area contributed by atoms with E-state index >= 15 is 0 Å². The maximum atomic E-state index is 13.0. The van der Waals surface area contributed by atoms with Crippen LogP contribution < -0.4 is 10.2 Å². The van der Waals surface area contributed by atoms with Gasteiger partial charge in [-0.3, -0.25) is 14.5 Å². The molecule has 3 aliphatic rings. The summed E-state index contributed by atoms with van der Waals surface area (Å²) in [5.74, 6) is -1.48. The van der Waals surface area contributed by atoms with Crippen LogP contribution in [0.4, 0.5) is 5.69 Å². The summed E-state index contributed by atoms with van der Waals surface area (Å²) in [6, 6.07) is 5.38.